The maximum atomic E-state index is 9.30. The molecule has 1 atom stereocenters. The predicted octanol–water partition coefficient (Wildman–Crippen LogP) is 2.69. The molecule has 1 rings (SSSR count). The van der Waals surface area contributed by atoms with Crippen LogP contribution in [0.4, 0.5) is 0 Å². The minimum Gasteiger partial charge on any atom is -0.496 e. The molecule has 0 aliphatic carbocycles. The van der Waals surface area contributed by atoms with Crippen LogP contribution in [-0.4, -0.2) is 18.3 Å². The average Bonchev–Trinajstić information content (AvgIpc) is 2.09. The van der Waals surface area contributed by atoms with Gasteiger partial charge in [0.1, 0.15) is 5.75 Å². The van der Waals surface area contributed by atoms with E-state index in [1.165, 1.54) is 0 Å². The molecule has 3 heteroatoms. The van der Waals surface area contributed by atoms with Gasteiger partial charge in [-0.3, -0.25) is 0 Å². The van der Waals surface area contributed by atoms with Crippen molar-refractivity contribution in [2.24, 2.45) is 0 Å². The Balaban J connectivity index is 3.04. The highest BCUT2D eigenvalue weighted by Crippen LogP contribution is 2.27. The van der Waals surface area contributed by atoms with E-state index in [-0.39, 0.29) is 6.10 Å². The van der Waals surface area contributed by atoms with Crippen LogP contribution in [0.2, 0.25) is 0 Å². The Bertz CT molecular complexity index is 321. The molecule has 1 aromatic carbocycles. The number of aliphatic hydroxyl groups is 1. The molecule has 0 aliphatic heterocycles. The number of aryl methyl sites for hydroxylation is 1. The number of hydrogen-bond donors (Lipinski definition) is 1. The van der Waals surface area contributed by atoms with Crippen LogP contribution in [0, 0.1) is 6.92 Å². The van der Waals surface area contributed by atoms with Crippen LogP contribution in [0.1, 0.15) is 18.1 Å². The number of hydrogen-bond acceptors (Lipinski definition) is 2. The van der Waals surface area contributed by atoms with E-state index < -0.39 is 0 Å². The molecular formula is C11H15BrO2. The molecule has 0 aliphatic rings. The molecule has 1 N–H and O–H groups in total. The van der Waals surface area contributed by atoms with Crippen LogP contribution in [0.3, 0.4) is 0 Å². The summed E-state index contributed by atoms with van der Waals surface area (Å²) in [7, 11) is 1.66. The highest BCUT2D eigenvalue weighted by molar-refractivity contribution is 9.10. The van der Waals surface area contributed by atoms with Crippen LogP contribution in [0.5, 0.6) is 5.75 Å². The van der Waals surface area contributed by atoms with Gasteiger partial charge < -0.3 is 9.84 Å². The highest BCUT2D eigenvalue weighted by atomic mass is 79.9. The zero-order chi connectivity index (χ0) is 10.7. The predicted molar refractivity (Wildman–Crippen MR) is 60.8 cm³/mol. The van der Waals surface area contributed by atoms with Crippen LogP contribution < -0.4 is 4.74 Å². The molecule has 2 nitrogen and oxygen atoms in total. The summed E-state index contributed by atoms with van der Waals surface area (Å²) >= 11 is 3.47. The third-order valence-electron chi connectivity index (χ3n) is 2.08. The molecule has 0 saturated carbocycles. The molecule has 1 unspecified atom stereocenters. The van der Waals surface area contributed by atoms with Gasteiger partial charge in [0.05, 0.1) is 13.2 Å². The maximum Gasteiger partial charge on any atom is 0.122 e. The van der Waals surface area contributed by atoms with Gasteiger partial charge in [-0.15, -0.1) is 0 Å². The van der Waals surface area contributed by atoms with E-state index in [1.807, 2.05) is 19.1 Å². The number of aliphatic hydroxyl groups excluding tert-OH is 1. The van der Waals surface area contributed by atoms with Gasteiger partial charge in [0.2, 0.25) is 0 Å². The number of benzene rings is 1. The van der Waals surface area contributed by atoms with Gasteiger partial charge >= 0.3 is 0 Å². The first-order valence-electron chi connectivity index (χ1n) is 4.55. The first-order chi connectivity index (χ1) is 6.54. The van der Waals surface area contributed by atoms with E-state index in [0.29, 0.717) is 6.42 Å². The Hall–Kier alpha value is -0.540. The zero-order valence-electron chi connectivity index (χ0n) is 8.67. The molecule has 0 saturated heterocycles. The largest absolute Gasteiger partial charge is 0.496 e. The second-order valence-electron chi connectivity index (χ2n) is 3.47. The molecule has 0 spiro atoms. The molecule has 0 heterocycles. The van der Waals surface area contributed by atoms with E-state index in [4.69, 9.17) is 4.74 Å². The van der Waals surface area contributed by atoms with Crippen molar-refractivity contribution in [1.29, 1.82) is 0 Å². The first kappa shape index (κ1) is 11.5. The smallest absolute Gasteiger partial charge is 0.122 e. The van der Waals surface area contributed by atoms with Crippen LogP contribution >= 0.6 is 15.9 Å². The van der Waals surface area contributed by atoms with E-state index in [2.05, 4.69) is 15.9 Å². The Morgan fingerprint density at radius 3 is 2.64 bits per heavy atom. The van der Waals surface area contributed by atoms with Crippen molar-refractivity contribution >= 4 is 15.9 Å². The molecule has 0 aromatic heterocycles. The van der Waals surface area contributed by atoms with Gasteiger partial charge in [-0.05, 0) is 43.5 Å². The summed E-state index contributed by atoms with van der Waals surface area (Å²) in [6.07, 6.45) is 0.302. The van der Waals surface area contributed by atoms with Gasteiger partial charge in [-0.1, -0.05) is 15.9 Å². The summed E-state index contributed by atoms with van der Waals surface area (Å²) in [5.74, 6) is 0.865. The van der Waals surface area contributed by atoms with E-state index in [0.717, 1.165) is 21.3 Å². The number of halogens is 1. The molecule has 78 valence electrons. The Morgan fingerprint density at radius 1 is 1.50 bits per heavy atom. The topological polar surface area (TPSA) is 29.5 Å². The molecule has 0 radical (unpaired) electrons. The number of methoxy groups -OCH3 is 1. The third-order valence-corrected chi connectivity index (χ3v) is 2.82. The molecule has 0 bridgehead atoms. The minimum absolute atomic E-state index is 0.335. The molecule has 0 fully saturated rings. The average molecular weight is 259 g/mol. The Morgan fingerprint density at radius 2 is 2.14 bits per heavy atom. The standard InChI is InChI=1S/C11H15BrO2/c1-7-4-10(12)9(5-8(2)13)6-11(7)14-3/h4,6,8,13H,5H2,1-3H3. The third kappa shape index (κ3) is 2.72. The van der Waals surface area contributed by atoms with Crippen LogP contribution in [-0.2, 0) is 6.42 Å². The van der Waals surface area contributed by atoms with Crippen molar-refractivity contribution < 1.29 is 9.84 Å². The Labute approximate surface area is 93.0 Å². The fourth-order valence-electron chi connectivity index (χ4n) is 1.39. The fraction of sp³-hybridized carbons (Fsp3) is 0.455. The molecule has 1 aromatic rings. The minimum atomic E-state index is -0.335. The van der Waals surface area contributed by atoms with Crippen molar-refractivity contribution in [3.05, 3.63) is 27.7 Å². The van der Waals surface area contributed by atoms with Gasteiger partial charge in [0, 0.05) is 4.47 Å². The summed E-state index contributed by atoms with van der Waals surface area (Å²) < 4.78 is 6.24. The lowest BCUT2D eigenvalue weighted by molar-refractivity contribution is 0.195. The van der Waals surface area contributed by atoms with E-state index >= 15 is 0 Å². The van der Waals surface area contributed by atoms with E-state index in [1.54, 1.807) is 14.0 Å². The summed E-state index contributed by atoms with van der Waals surface area (Å²) in [4.78, 5) is 0. The van der Waals surface area contributed by atoms with Crippen molar-refractivity contribution in [2.45, 2.75) is 26.4 Å². The van der Waals surface area contributed by atoms with Crippen molar-refractivity contribution in [2.75, 3.05) is 7.11 Å². The number of ether oxygens (including phenoxy) is 1. The summed E-state index contributed by atoms with van der Waals surface area (Å²) in [5, 5.41) is 9.30. The van der Waals surface area contributed by atoms with E-state index in [9.17, 15) is 5.11 Å². The second kappa shape index (κ2) is 4.80. The quantitative estimate of drug-likeness (QED) is 0.904. The molecule has 0 amide bonds. The first-order valence-corrected chi connectivity index (χ1v) is 5.35. The van der Waals surface area contributed by atoms with Gasteiger partial charge in [-0.2, -0.15) is 0 Å². The monoisotopic (exact) mass is 258 g/mol. The lowest BCUT2D eigenvalue weighted by Crippen LogP contribution is -2.05. The lowest BCUT2D eigenvalue weighted by atomic mass is 10.1. The molecular weight excluding hydrogens is 244 g/mol. The van der Waals surface area contributed by atoms with Crippen LogP contribution in [0.15, 0.2) is 16.6 Å². The maximum absolute atomic E-state index is 9.30. The van der Waals surface area contributed by atoms with Gasteiger partial charge in [-0.25, -0.2) is 0 Å². The van der Waals surface area contributed by atoms with Crippen LogP contribution in [0.25, 0.3) is 0 Å². The fourth-order valence-corrected chi connectivity index (χ4v) is 2.01. The number of rotatable bonds is 3. The highest BCUT2D eigenvalue weighted by Gasteiger charge is 2.08. The van der Waals surface area contributed by atoms with Crippen molar-refractivity contribution in [3.63, 3.8) is 0 Å². The summed E-state index contributed by atoms with van der Waals surface area (Å²) in [6.45, 7) is 3.77. The Kier molecular flexibility index (Phi) is 3.96. The summed E-state index contributed by atoms with van der Waals surface area (Å²) in [6, 6.07) is 3.97. The second-order valence-corrected chi connectivity index (χ2v) is 4.32. The molecule has 14 heavy (non-hydrogen) atoms. The normalized spacial score (nSPS) is 12.6. The SMILES string of the molecule is COc1cc(CC(C)O)c(Br)cc1C. The summed E-state index contributed by atoms with van der Waals surface area (Å²) in [5.41, 5.74) is 2.16. The zero-order valence-corrected chi connectivity index (χ0v) is 10.3. The van der Waals surface area contributed by atoms with Gasteiger partial charge in [0.25, 0.3) is 0 Å². The van der Waals surface area contributed by atoms with Gasteiger partial charge in [0.15, 0.2) is 0 Å². The lowest BCUT2D eigenvalue weighted by Gasteiger charge is -2.11. The van der Waals surface area contributed by atoms with Crippen molar-refractivity contribution in [1.82, 2.24) is 0 Å². The van der Waals surface area contributed by atoms with Crippen molar-refractivity contribution in [3.8, 4) is 5.75 Å².